The van der Waals surface area contributed by atoms with Crippen LogP contribution in [-0.2, 0) is 30.8 Å². The van der Waals surface area contributed by atoms with Crippen LogP contribution in [0.3, 0.4) is 0 Å². The quantitative estimate of drug-likeness (QED) is 0.426. The molecule has 1 heterocycles. The number of nitrogens with zero attached hydrogens (tertiary/aromatic N) is 1. The number of benzene rings is 1. The fourth-order valence-corrected chi connectivity index (χ4v) is 3.93. The van der Waals surface area contributed by atoms with Crippen molar-refractivity contribution in [3.05, 3.63) is 29.8 Å². The third-order valence-electron chi connectivity index (χ3n) is 3.70. The summed E-state index contributed by atoms with van der Waals surface area (Å²) in [7, 11) is 0.189. The maximum atomic E-state index is 12.8. The van der Waals surface area contributed by atoms with Gasteiger partial charge in [-0.2, -0.15) is 4.31 Å². The van der Waals surface area contributed by atoms with Gasteiger partial charge in [-0.15, -0.1) is 0 Å². The van der Waals surface area contributed by atoms with Crippen molar-refractivity contribution < 1.29 is 23.2 Å². The third kappa shape index (κ3) is 3.48. The number of esters is 1. The molecular formula is C17H25NO5S. The van der Waals surface area contributed by atoms with Crippen LogP contribution in [0, 0.1) is 0 Å². The number of methoxy groups -OCH3 is 1. The number of carbonyl (C=O) groups excluding carboxylic acids is 1. The molecule has 134 valence electrons. The molecule has 0 bridgehead atoms. The van der Waals surface area contributed by atoms with Gasteiger partial charge in [-0.3, -0.25) is 0 Å². The average molecular weight is 355 g/mol. The van der Waals surface area contributed by atoms with E-state index < -0.39 is 27.2 Å². The van der Waals surface area contributed by atoms with Crippen molar-refractivity contribution in [3.8, 4) is 5.75 Å². The second-order valence-corrected chi connectivity index (χ2v) is 8.69. The molecule has 3 atom stereocenters. The number of ether oxygens (including phenoxy) is 3. The summed E-state index contributed by atoms with van der Waals surface area (Å²) >= 11 is 0. The second-order valence-electron chi connectivity index (χ2n) is 6.53. The van der Waals surface area contributed by atoms with Gasteiger partial charge in [-0.05, 0) is 33.8 Å². The first-order valence-electron chi connectivity index (χ1n) is 7.87. The van der Waals surface area contributed by atoms with Gasteiger partial charge in [0.05, 0.1) is 11.4 Å². The first-order chi connectivity index (χ1) is 11.3. The summed E-state index contributed by atoms with van der Waals surface area (Å²) in [6, 6.07) is 7.22. The number of hydrogen-bond acceptors (Lipinski definition) is 5. The maximum Gasteiger partial charge on any atom is 0.333 e. The minimum Gasteiger partial charge on any atom is -0.467 e. The van der Waals surface area contributed by atoms with Crippen LogP contribution in [0.2, 0.25) is 0 Å². The molecule has 2 rings (SSSR count). The minimum atomic E-state index is -1.34. The molecule has 0 aliphatic carbocycles. The summed E-state index contributed by atoms with van der Waals surface area (Å²) in [5, 5.41) is 0. The van der Waals surface area contributed by atoms with Crippen LogP contribution in [0.25, 0.3) is 0 Å². The van der Waals surface area contributed by atoms with E-state index in [1.807, 2.05) is 39.0 Å². The van der Waals surface area contributed by atoms with Gasteiger partial charge < -0.3 is 14.2 Å². The zero-order valence-corrected chi connectivity index (χ0v) is 15.6. The summed E-state index contributed by atoms with van der Waals surface area (Å²) in [6.45, 7) is 8.06. The highest BCUT2D eigenvalue weighted by molar-refractivity contribution is 7.84. The van der Waals surface area contributed by atoms with Crippen molar-refractivity contribution in [3.63, 3.8) is 0 Å². The van der Waals surface area contributed by atoms with Crippen LogP contribution < -0.4 is 4.74 Å². The van der Waals surface area contributed by atoms with E-state index in [0.29, 0.717) is 17.9 Å². The van der Waals surface area contributed by atoms with Gasteiger partial charge in [0.25, 0.3) is 0 Å². The predicted molar refractivity (Wildman–Crippen MR) is 91.9 cm³/mol. The van der Waals surface area contributed by atoms with Crippen molar-refractivity contribution in [2.24, 2.45) is 0 Å². The largest absolute Gasteiger partial charge is 0.467 e. The van der Waals surface area contributed by atoms with Crippen LogP contribution in [0.4, 0.5) is 0 Å². The highest BCUT2D eigenvalue weighted by atomic mass is 32.2. The highest BCUT2D eigenvalue weighted by Crippen LogP contribution is 2.50. The molecule has 0 spiro atoms. The fraction of sp³-hybridized carbons (Fsp3) is 0.588. The van der Waals surface area contributed by atoms with Crippen molar-refractivity contribution in [1.82, 2.24) is 4.31 Å². The first-order valence-corrected chi connectivity index (χ1v) is 8.97. The predicted octanol–water partition coefficient (Wildman–Crippen LogP) is 2.21. The molecule has 1 saturated heterocycles. The Labute approximate surface area is 145 Å². The van der Waals surface area contributed by atoms with E-state index in [1.165, 1.54) is 7.11 Å². The van der Waals surface area contributed by atoms with Crippen LogP contribution in [0.5, 0.6) is 5.75 Å². The molecule has 1 aliphatic heterocycles. The summed E-state index contributed by atoms with van der Waals surface area (Å²) in [5.41, 5.74) is -0.420. The molecule has 1 aliphatic rings. The first kappa shape index (κ1) is 18.9. The highest BCUT2D eigenvalue weighted by Gasteiger charge is 2.66. The third-order valence-corrected chi connectivity index (χ3v) is 5.59. The Morgan fingerprint density at radius 1 is 1.33 bits per heavy atom. The minimum absolute atomic E-state index is 0.0677. The van der Waals surface area contributed by atoms with Crippen LogP contribution in [-0.4, -0.2) is 46.3 Å². The van der Waals surface area contributed by atoms with Gasteiger partial charge in [-0.25, -0.2) is 9.00 Å². The van der Waals surface area contributed by atoms with Gasteiger partial charge in [0.15, 0.2) is 12.3 Å². The Kier molecular flexibility index (Phi) is 5.67. The summed E-state index contributed by atoms with van der Waals surface area (Å²) in [6.07, 6.45) is 0. The van der Waals surface area contributed by atoms with E-state index in [-0.39, 0.29) is 13.4 Å². The molecule has 1 fully saturated rings. The smallest absolute Gasteiger partial charge is 0.333 e. The molecule has 3 unspecified atom stereocenters. The van der Waals surface area contributed by atoms with Crippen LogP contribution in [0.15, 0.2) is 24.3 Å². The van der Waals surface area contributed by atoms with Crippen LogP contribution >= 0.6 is 0 Å². The molecule has 0 N–H and O–H groups in total. The molecule has 0 saturated carbocycles. The van der Waals surface area contributed by atoms with E-state index in [2.05, 4.69) is 0 Å². The van der Waals surface area contributed by atoms with Crippen molar-refractivity contribution >= 4 is 17.0 Å². The Bertz CT molecular complexity index is 628. The Balaban J connectivity index is 2.44. The summed E-state index contributed by atoms with van der Waals surface area (Å²) in [5.74, 6) is 0.122. The molecule has 0 aromatic heterocycles. The average Bonchev–Trinajstić information content (AvgIpc) is 3.28. The van der Waals surface area contributed by atoms with E-state index in [0.717, 1.165) is 0 Å². The van der Waals surface area contributed by atoms with Gasteiger partial charge >= 0.3 is 5.97 Å². The van der Waals surface area contributed by atoms with Crippen molar-refractivity contribution in [2.75, 3.05) is 27.1 Å². The SMILES string of the molecule is CCOC(=O)C1(c2ccccc2OCOC)CN1S(=O)C(C)(C)C. The monoisotopic (exact) mass is 355 g/mol. The topological polar surface area (TPSA) is 64.8 Å². The second kappa shape index (κ2) is 7.21. The van der Waals surface area contributed by atoms with E-state index in [4.69, 9.17) is 14.2 Å². The Hall–Kier alpha value is -1.44. The Morgan fingerprint density at radius 2 is 2.00 bits per heavy atom. The lowest BCUT2D eigenvalue weighted by Gasteiger charge is -2.23. The molecule has 1 aromatic carbocycles. The normalized spacial score (nSPS) is 24.3. The zero-order valence-electron chi connectivity index (χ0n) is 14.8. The molecule has 0 radical (unpaired) electrons. The van der Waals surface area contributed by atoms with E-state index >= 15 is 0 Å². The molecular weight excluding hydrogens is 330 g/mol. The molecule has 7 heteroatoms. The molecule has 1 aromatic rings. The fourth-order valence-electron chi connectivity index (χ4n) is 2.51. The van der Waals surface area contributed by atoms with Gasteiger partial charge in [0.1, 0.15) is 16.7 Å². The molecule has 6 nitrogen and oxygen atoms in total. The van der Waals surface area contributed by atoms with Gasteiger partial charge in [-0.1, -0.05) is 18.2 Å². The van der Waals surface area contributed by atoms with Crippen LogP contribution in [0.1, 0.15) is 33.3 Å². The van der Waals surface area contributed by atoms with Gasteiger partial charge in [0.2, 0.25) is 0 Å². The zero-order chi connectivity index (χ0) is 18.0. The van der Waals surface area contributed by atoms with E-state index in [9.17, 15) is 9.00 Å². The maximum absolute atomic E-state index is 12.8. The number of carbonyl (C=O) groups is 1. The number of rotatable bonds is 7. The molecule has 0 amide bonds. The standard InChI is InChI=1S/C17H25NO5S/c1-6-22-15(19)17(11-18(17)24(20)16(2,3)4)13-9-7-8-10-14(13)23-12-21-5/h7-10H,6,11-12H2,1-5H3. The van der Waals surface area contributed by atoms with Gasteiger partial charge in [0, 0.05) is 19.2 Å². The van der Waals surface area contributed by atoms with E-state index in [1.54, 1.807) is 17.3 Å². The lowest BCUT2D eigenvalue weighted by Crippen LogP contribution is -2.36. The lowest BCUT2D eigenvalue weighted by molar-refractivity contribution is -0.147. The lowest BCUT2D eigenvalue weighted by atomic mass is 9.98. The molecule has 24 heavy (non-hydrogen) atoms. The number of para-hydroxylation sites is 1. The van der Waals surface area contributed by atoms with Crippen molar-refractivity contribution in [1.29, 1.82) is 0 Å². The number of hydrogen-bond donors (Lipinski definition) is 0. The Morgan fingerprint density at radius 3 is 2.58 bits per heavy atom. The van der Waals surface area contributed by atoms with Crippen molar-refractivity contribution in [2.45, 2.75) is 38.0 Å². The summed E-state index contributed by atoms with van der Waals surface area (Å²) in [4.78, 5) is 12.7. The summed E-state index contributed by atoms with van der Waals surface area (Å²) < 4.78 is 29.8.